The molecule has 1 aliphatic carbocycles. The molecule has 0 saturated heterocycles. The molecule has 3 aromatic rings. The first kappa shape index (κ1) is 19.4. The summed E-state index contributed by atoms with van der Waals surface area (Å²) >= 11 is -2.42. The van der Waals surface area contributed by atoms with Crippen molar-refractivity contribution in [3.8, 4) is 11.5 Å². The predicted molar refractivity (Wildman–Crippen MR) is 116 cm³/mol. The van der Waals surface area contributed by atoms with Crippen molar-refractivity contribution in [3.63, 3.8) is 0 Å². The van der Waals surface area contributed by atoms with Crippen LogP contribution in [0.1, 0.15) is 24.4 Å². The molecule has 0 aliphatic heterocycles. The Kier molecular flexibility index (Phi) is 5.16. The van der Waals surface area contributed by atoms with E-state index in [1.807, 2.05) is 24.4 Å². The average molecular weight is 487 g/mol. The van der Waals surface area contributed by atoms with E-state index in [9.17, 15) is 0 Å². The molecule has 0 unspecified atom stereocenters. The summed E-state index contributed by atoms with van der Waals surface area (Å²) in [7, 11) is 3.35. The number of hydrogen-bond donors (Lipinski definition) is 1. The summed E-state index contributed by atoms with van der Waals surface area (Å²) in [4.78, 5) is 11.9. The molecule has 4 rings (SSSR count). The molecule has 1 aliphatic rings. The molecule has 6 nitrogen and oxygen atoms in total. The summed E-state index contributed by atoms with van der Waals surface area (Å²) in [6, 6.07) is 8.56. The monoisotopic (exact) mass is 488 g/mol. The molecule has 2 heterocycles. The normalized spacial score (nSPS) is 14.3. The van der Waals surface area contributed by atoms with Gasteiger partial charge in [0, 0.05) is 0 Å². The van der Waals surface area contributed by atoms with Gasteiger partial charge in [-0.05, 0) is 0 Å². The van der Waals surface area contributed by atoms with Gasteiger partial charge in [0.15, 0.2) is 0 Å². The molecule has 1 aromatic carbocycles. The Morgan fingerprint density at radius 1 is 1.14 bits per heavy atom. The molecule has 0 amide bonds. The zero-order valence-corrected chi connectivity index (χ0v) is 20.1. The Bertz CT molecular complexity index is 1010. The van der Waals surface area contributed by atoms with Crippen molar-refractivity contribution < 1.29 is 9.47 Å². The van der Waals surface area contributed by atoms with E-state index in [0.717, 1.165) is 22.9 Å². The van der Waals surface area contributed by atoms with E-state index in [2.05, 4.69) is 35.9 Å². The van der Waals surface area contributed by atoms with Gasteiger partial charge in [0.2, 0.25) is 0 Å². The number of nitrogens with one attached hydrogen (secondary N) is 1. The third-order valence-electron chi connectivity index (χ3n) is 5.16. The van der Waals surface area contributed by atoms with Crippen LogP contribution in [0.15, 0.2) is 30.5 Å². The number of aromatic nitrogens is 3. The minimum absolute atomic E-state index is 0.557. The van der Waals surface area contributed by atoms with Crippen molar-refractivity contribution in [2.45, 2.75) is 40.2 Å². The van der Waals surface area contributed by atoms with E-state index in [1.54, 1.807) is 14.2 Å². The fourth-order valence-electron chi connectivity index (χ4n) is 3.52. The van der Waals surface area contributed by atoms with E-state index in [-0.39, 0.29) is 0 Å². The number of benzene rings is 1. The molecule has 0 radical (unpaired) electrons. The molecule has 0 spiro atoms. The Morgan fingerprint density at radius 2 is 1.93 bits per heavy atom. The second-order valence-corrected chi connectivity index (χ2v) is 22.6. The fraction of sp³-hybridized carbons (Fsp3) is 0.429. The number of ether oxygens (including phenoxy) is 2. The summed E-state index contributed by atoms with van der Waals surface area (Å²) in [5.41, 5.74) is 2.28. The summed E-state index contributed by atoms with van der Waals surface area (Å²) < 4.78 is 14.4. The van der Waals surface area contributed by atoms with Gasteiger partial charge in [-0.15, -0.1) is 0 Å². The van der Waals surface area contributed by atoms with Crippen molar-refractivity contribution in [2.75, 3.05) is 19.5 Å². The van der Waals surface area contributed by atoms with Gasteiger partial charge in [-0.25, -0.2) is 0 Å². The van der Waals surface area contributed by atoms with Crippen LogP contribution in [0.4, 0.5) is 5.82 Å². The second kappa shape index (κ2) is 7.46. The molecular weight excluding hydrogens is 459 g/mol. The maximum atomic E-state index is 5.54. The van der Waals surface area contributed by atoms with Crippen LogP contribution < -0.4 is 18.5 Å². The Labute approximate surface area is 170 Å². The van der Waals surface area contributed by atoms with Gasteiger partial charge >= 0.3 is 170 Å². The van der Waals surface area contributed by atoms with Crippen LogP contribution in [0, 0.1) is 0 Å². The summed E-state index contributed by atoms with van der Waals surface area (Å²) in [6.07, 6.45) is 4.34. The third-order valence-corrected chi connectivity index (χ3v) is 10.2. The second-order valence-electron chi connectivity index (χ2n) is 8.36. The predicted octanol–water partition coefficient (Wildman–Crippen LogP) is 3.94. The van der Waals surface area contributed by atoms with Crippen molar-refractivity contribution >= 4 is 38.8 Å². The average Bonchev–Trinajstić information content (AvgIpc) is 3.44. The Hall–Kier alpha value is -1.96. The summed E-state index contributed by atoms with van der Waals surface area (Å²) in [5.74, 6) is 2.52. The van der Waals surface area contributed by atoms with Gasteiger partial charge in [0.1, 0.15) is 0 Å². The third kappa shape index (κ3) is 3.66. The van der Waals surface area contributed by atoms with Gasteiger partial charge in [-0.1, -0.05) is 0 Å². The number of anilines is 1. The Morgan fingerprint density at radius 3 is 2.57 bits per heavy atom. The van der Waals surface area contributed by atoms with Crippen LogP contribution in [0.3, 0.4) is 0 Å². The topological polar surface area (TPSA) is 61.2 Å². The van der Waals surface area contributed by atoms with Crippen LogP contribution >= 0.6 is 0 Å². The Balaban J connectivity index is 1.71. The number of pyridine rings is 1. The van der Waals surface area contributed by atoms with Gasteiger partial charge in [0.05, 0.1) is 0 Å². The van der Waals surface area contributed by atoms with Crippen LogP contribution in [0.25, 0.3) is 10.9 Å². The van der Waals surface area contributed by atoms with Crippen molar-refractivity contribution in [2.24, 2.45) is 0 Å². The van der Waals surface area contributed by atoms with Gasteiger partial charge in [-0.3, -0.25) is 0 Å². The maximum absolute atomic E-state index is 5.54. The quantitative estimate of drug-likeness (QED) is 0.512. The van der Waals surface area contributed by atoms with Gasteiger partial charge in [-0.2, -0.15) is 0 Å². The SMILES string of the molecule is COc1ccc(CNc2nccc3c2[c]([Sn]([CH3])([CH3])[CH3])nn3C2CC2)c(OC)c1. The van der Waals surface area contributed by atoms with E-state index in [4.69, 9.17) is 14.6 Å². The minimum atomic E-state index is -2.42. The molecule has 7 heteroatoms. The van der Waals surface area contributed by atoms with E-state index >= 15 is 0 Å². The first-order chi connectivity index (χ1) is 13.4. The first-order valence-electron chi connectivity index (χ1n) is 9.75. The molecule has 1 N–H and O–H groups in total. The molecule has 148 valence electrons. The number of fused-ring (bicyclic) bond motifs is 1. The molecule has 28 heavy (non-hydrogen) atoms. The fourth-order valence-corrected chi connectivity index (χ4v) is 7.53. The standard InChI is InChI=1S/C18H19N4O2.3CH3.Sn/c1-23-14-6-3-12(17(9-14)24-2)10-20-18-15-11-21-22(13-4-5-13)16(15)7-8-19-18;;;;/h3,6-9,13H,4-5,10H2,1-2H3,(H,19,20);3*1H3;. The number of nitrogens with zero attached hydrogens (tertiary/aromatic N) is 3. The van der Waals surface area contributed by atoms with Crippen molar-refractivity contribution in [3.05, 3.63) is 36.0 Å². The zero-order chi connectivity index (χ0) is 19.9. The van der Waals surface area contributed by atoms with Crippen LogP contribution in [-0.4, -0.2) is 47.4 Å². The number of methoxy groups -OCH3 is 2. The summed E-state index contributed by atoms with van der Waals surface area (Å²) in [5, 5.41) is 9.85. The van der Waals surface area contributed by atoms with Crippen molar-refractivity contribution in [1.82, 2.24) is 14.8 Å². The molecule has 0 bridgehead atoms. The molecule has 0 atom stereocenters. The van der Waals surface area contributed by atoms with E-state index < -0.39 is 18.4 Å². The number of hydrogen-bond acceptors (Lipinski definition) is 5. The van der Waals surface area contributed by atoms with Crippen molar-refractivity contribution in [1.29, 1.82) is 0 Å². The van der Waals surface area contributed by atoms with E-state index in [0.29, 0.717) is 12.6 Å². The van der Waals surface area contributed by atoms with Gasteiger partial charge in [0.25, 0.3) is 0 Å². The first-order valence-corrected chi connectivity index (χ1v) is 19.7. The van der Waals surface area contributed by atoms with Crippen LogP contribution in [0.5, 0.6) is 11.5 Å². The van der Waals surface area contributed by atoms with E-state index in [1.165, 1.54) is 27.5 Å². The van der Waals surface area contributed by atoms with Gasteiger partial charge < -0.3 is 0 Å². The zero-order valence-electron chi connectivity index (χ0n) is 17.2. The summed E-state index contributed by atoms with van der Waals surface area (Å²) in [6.45, 7) is 0.632. The molecular formula is C21H28N4O2Sn. The molecule has 1 fully saturated rings. The number of rotatable bonds is 7. The molecule has 1 saturated carbocycles. The molecule has 2 aromatic heterocycles. The van der Waals surface area contributed by atoms with Crippen LogP contribution in [-0.2, 0) is 6.54 Å². The van der Waals surface area contributed by atoms with Crippen LogP contribution in [0.2, 0.25) is 14.8 Å².